The van der Waals surface area contributed by atoms with Crippen LogP contribution >= 0.6 is 0 Å². The van der Waals surface area contributed by atoms with E-state index in [2.05, 4.69) is 32.8 Å². The lowest BCUT2D eigenvalue weighted by Gasteiger charge is -2.32. The lowest BCUT2D eigenvalue weighted by molar-refractivity contribution is -0.109. The van der Waals surface area contributed by atoms with E-state index in [9.17, 15) is 4.79 Å². The smallest absolute Gasteiger partial charge is 0.123 e. The number of carbonyl (C=O) groups is 1. The van der Waals surface area contributed by atoms with Crippen molar-refractivity contribution in [3.63, 3.8) is 0 Å². The van der Waals surface area contributed by atoms with E-state index in [4.69, 9.17) is 0 Å². The summed E-state index contributed by atoms with van der Waals surface area (Å²) in [6, 6.07) is 0. The Balaban J connectivity index is 2.54. The average Bonchev–Trinajstić information content (AvgIpc) is 2.65. The van der Waals surface area contributed by atoms with Crippen molar-refractivity contribution < 1.29 is 4.79 Å². The molecule has 0 radical (unpaired) electrons. The van der Waals surface area contributed by atoms with Crippen molar-refractivity contribution in [1.82, 2.24) is 4.90 Å². The zero-order chi connectivity index (χ0) is 8.65. The van der Waals surface area contributed by atoms with Crippen molar-refractivity contribution in [3.8, 4) is 0 Å². The summed E-state index contributed by atoms with van der Waals surface area (Å²) in [7, 11) is 4.14. The van der Waals surface area contributed by atoms with Crippen molar-refractivity contribution in [3.05, 3.63) is 0 Å². The molecule has 1 aliphatic carbocycles. The Morgan fingerprint density at radius 2 is 2.00 bits per heavy atom. The molecular weight excluding hydrogens is 138 g/mol. The Kier molecular flexibility index (Phi) is 2.06. The lowest BCUT2D eigenvalue weighted by atomic mass is 9.96. The molecule has 2 heteroatoms. The van der Waals surface area contributed by atoms with Gasteiger partial charge < -0.3 is 9.69 Å². The molecule has 0 aromatic rings. The van der Waals surface area contributed by atoms with E-state index in [-0.39, 0.29) is 5.54 Å². The summed E-state index contributed by atoms with van der Waals surface area (Å²) >= 11 is 0. The molecule has 0 N–H and O–H groups in total. The van der Waals surface area contributed by atoms with E-state index >= 15 is 0 Å². The molecule has 0 saturated heterocycles. The summed E-state index contributed by atoms with van der Waals surface area (Å²) in [4.78, 5) is 12.6. The number of rotatable bonds is 3. The minimum absolute atomic E-state index is 0.186. The van der Waals surface area contributed by atoms with Gasteiger partial charge in [-0.05, 0) is 40.3 Å². The van der Waals surface area contributed by atoms with Crippen LogP contribution in [0.3, 0.4) is 0 Å². The van der Waals surface area contributed by atoms with Gasteiger partial charge in [0, 0.05) is 11.5 Å². The fraction of sp³-hybridized carbons (Fsp3) is 0.889. The van der Waals surface area contributed by atoms with Gasteiger partial charge in [-0.15, -0.1) is 0 Å². The Morgan fingerprint density at radius 3 is 2.27 bits per heavy atom. The molecule has 0 spiro atoms. The van der Waals surface area contributed by atoms with Crippen LogP contribution in [0, 0.1) is 11.8 Å². The van der Waals surface area contributed by atoms with E-state index in [1.165, 1.54) is 0 Å². The maximum absolute atomic E-state index is 10.4. The third kappa shape index (κ3) is 1.45. The zero-order valence-corrected chi connectivity index (χ0v) is 7.79. The quantitative estimate of drug-likeness (QED) is 0.570. The van der Waals surface area contributed by atoms with Crippen LogP contribution in [-0.2, 0) is 4.79 Å². The molecule has 2 atom stereocenters. The third-order valence-electron chi connectivity index (χ3n) is 3.07. The first kappa shape index (κ1) is 8.72. The highest BCUT2D eigenvalue weighted by molar-refractivity contribution is 5.58. The van der Waals surface area contributed by atoms with Gasteiger partial charge in [0.05, 0.1) is 0 Å². The van der Waals surface area contributed by atoms with Crippen LogP contribution in [0.1, 0.15) is 20.3 Å². The van der Waals surface area contributed by atoms with Crippen LogP contribution in [-0.4, -0.2) is 30.8 Å². The summed E-state index contributed by atoms with van der Waals surface area (Å²) in [6.07, 6.45) is 2.17. The minimum Gasteiger partial charge on any atom is -0.304 e. The Morgan fingerprint density at radius 1 is 1.45 bits per heavy atom. The van der Waals surface area contributed by atoms with Crippen molar-refractivity contribution in [2.45, 2.75) is 25.8 Å². The molecule has 0 heterocycles. The van der Waals surface area contributed by atoms with Crippen molar-refractivity contribution in [2.75, 3.05) is 14.1 Å². The van der Waals surface area contributed by atoms with Gasteiger partial charge in [0.25, 0.3) is 0 Å². The van der Waals surface area contributed by atoms with Gasteiger partial charge in [-0.2, -0.15) is 0 Å². The highest BCUT2D eigenvalue weighted by atomic mass is 16.1. The Labute approximate surface area is 68.6 Å². The number of aldehydes is 1. The second-order valence-corrected chi connectivity index (χ2v) is 4.19. The molecule has 0 aromatic carbocycles. The summed E-state index contributed by atoms with van der Waals surface area (Å²) in [5, 5.41) is 0. The normalized spacial score (nSPS) is 30.6. The van der Waals surface area contributed by atoms with Crippen LogP contribution in [0.15, 0.2) is 0 Å². The summed E-state index contributed by atoms with van der Waals surface area (Å²) in [6.45, 7) is 4.39. The molecule has 0 amide bonds. The van der Waals surface area contributed by atoms with Crippen LogP contribution in [0.5, 0.6) is 0 Å². The molecule has 2 unspecified atom stereocenters. The first-order valence-electron chi connectivity index (χ1n) is 4.13. The van der Waals surface area contributed by atoms with Crippen molar-refractivity contribution >= 4 is 6.29 Å². The molecule has 11 heavy (non-hydrogen) atoms. The highest BCUT2D eigenvalue weighted by Crippen LogP contribution is 2.46. The topological polar surface area (TPSA) is 20.3 Å². The van der Waals surface area contributed by atoms with Gasteiger partial charge >= 0.3 is 0 Å². The fourth-order valence-electron chi connectivity index (χ4n) is 1.51. The molecule has 1 aliphatic rings. The number of carbonyl (C=O) groups excluding carboxylic acids is 1. The monoisotopic (exact) mass is 155 g/mol. The Hall–Kier alpha value is -0.370. The van der Waals surface area contributed by atoms with Gasteiger partial charge in [-0.3, -0.25) is 0 Å². The third-order valence-corrected chi connectivity index (χ3v) is 3.07. The SMILES string of the molecule is CN(C)C(C)(C)C1CC1C=O. The van der Waals surface area contributed by atoms with Crippen LogP contribution in [0.25, 0.3) is 0 Å². The Bertz CT molecular complexity index is 163. The molecule has 64 valence electrons. The van der Waals surface area contributed by atoms with Gasteiger partial charge in [-0.25, -0.2) is 0 Å². The first-order chi connectivity index (χ1) is 5.00. The second-order valence-electron chi connectivity index (χ2n) is 4.19. The van der Waals surface area contributed by atoms with Gasteiger partial charge in [-0.1, -0.05) is 0 Å². The molecule has 0 aliphatic heterocycles. The second kappa shape index (κ2) is 2.59. The molecular formula is C9H17NO. The first-order valence-corrected chi connectivity index (χ1v) is 4.13. The molecule has 2 nitrogen and oxygen atoms in total. The van der Waals surface area contributed by atoms with E-state index < -0.39 is 0 Å². The molecule has 0 bridgehead atoms. The molecule has 1 rings (SSSR count). The molecule has 1 fully saturated rings. The minimum atomic E-state index is 0.186. The largest absolute Gasteiger partial charge is 0.304 e. The van der Waals surface area contributed by atoms with E-state index in [1.807, 2.05) is 0 Å². The van der Waals surface area contributed by atoms with Crippen LogP contribution in [0.2, 0.25) is 0 Å². The lowest BCUT2D eigenvalue weighted by Crippen LogP contribution is -2.40. The number of hydrogen-bond acceptors (Lipinski definition) is 2. The zero-order valence-electron chi connectivity index (χ0n) is 7.79. The van der Waals surface area contributed by atoms with Crippen LogP contribution < -0.4 is 0 Å². The summed E-state index contributed by atoms with van der Waals surface area (Å²) < 4.78 is 0. The van der Waals surface area contributed by atoms with Gasteiger partial charge in [0.2, 0.25) is 0 Å². The highest BCUT2D eigenvalue weighted by Gasteiger charge is 2.48. The average molecular weight is 155 g/mol. The standard InChI is InChI=1S/C9H17NO/c1-9(2,10(3)4)8-5-7(8)6-11/h6-8H,5H2,1-4H3. The maximum atomic E-state index is 10.4. The number of nitrogens with zero attached hydrogens (tertiary/aromatic N) is 1. The predicted molar refractivity (Wildman–Crippen MR) is 45.4 cm³/mol. The van der Waals surface area contributed by atoms with Crippen molar-refractivity contribution in [2.24, 2.45) is 11.8 Å². The fourth-order valence-corrected chi connectivity index (χ4v) is 1.51. The summed E-state index contributed by atoms with van der Waals surface area (Å²) in [5.41, 5.74) is 0.186. The van der Waals surface area contributed by atoms with E-state index in [0.717, 1.165) is 12.7 Å². The molecule has 0 aromatic heterocycles. The van der Waals surface area contributed by atoms with Crippen molar-refractivity contribution in [1.29, 1.82) is 0 Å². The van der Waals surface area contributed by atoms with Gasteiger partial charge in [0.1, 0.15) is 6.29 Å². The van der Waals surface area contributed by atoms with E-state index in [0.29, 0.717) is 11.8 Å². The van der Waals surface area contributed by atoms with E-state index in [1.54, 1.807) is 0 Å². The molecule has 1 saturated carbocycles. The van der Waals surface area contributed by atoms with Gasteiger partial charge in [0.15, 0.2) is 0 Å². The predicted octanol–water partition coefficient (Wildman–Crippen LogP) is 1.16. The summed E-state index contributed by atoms with van der Waals surface area (Å²) in [5.74, 6) is 0.905. The van der Waals surface area contributed by atoms with Crippen LogP contribution in [0.4, 0.5) is 0 Å². The number of hydrogen-bond donors (Lipinski definition) is 0. The maximum Gasteiger partial charge on any atom is 0.123 e.